The van der Waals surface area contributed by atoms with Crippen molar-refractivity contribution in [1.82, 2.24) is 5.32 Å². The van der Waals surface area contributed by atoms with Crippen LogP contribution in [0.4, 0.5) is 0 Å². The molecule has 2 unspecified atom stereocenters. The third-order valence-electron chi connectivity index (χ3n) is 3.42. The molecule has 1 aromatic carbocycles. The smallest absolute Gasteiger partial charge is 0.220 e. The summed E-state index contributed by atoms with van der Waals surface area (Å²) in [6.07, 6.45) is 8.07. The van der Waals surface area contributed by atoms with Crippen molar-refractivity contribution in [3.05, 3.63) is 46.5 Å². The average Bonchev–Trinajstić information content (AvgIpc) is 2.84. The quantitative estimate of drug-likeness (QED) is 0.820. The lowest BCUT2D eigenvalue weighted by molar-refractivity contribution is -0.122. The van der Waals surface area contributed by atoms with E-state index in [9.17, 15) is 4.79 Å². The summed E-state index contributed by atoms with van der Waals surface area (Å²) in [7, 11) is 0. The Hall–Kier alpha value is -1.09. The maximum absolute atomic E-state index is 11.9. The van der Waals surface area contributed by atoms with Crippen LogP contribution in [0, 0.1) is 5.92 Å². The minimum absolute atomic E-state index is 0.168. The minimum Gasteiger partial charge on any atom is -0.353 e. The molecule has 0 saturated carbocycles. The molecule has 1 aliphatic carbocycles. The predicted molar refractivity (Wildman–Crippen MR) is 81.9 cm³/mol. The number of hydrogen-bond donors (Lipinski definition) is 1. The molecule has 3 heteroatoms. The van der Waals surface area contributed by atoms with Gasteiger partial charge in [-0.05, 0) is 49.8 Å². The SMILES string of the molecule is CC(Cc1ccc(Br)cc1)NC(=O)CC1C=CCC1. The van der Waals surface area contributed by atoms with Gasteiger partial charge >= 0.3 is 0 Å². The summed E-state index contributed by atoms with van der Waals surface area (Å²) in [5.41, 5.74) is 1.25. The Kier molecular flexibility index (Phi) is 5.20. The van der Waals surface area contributed by atoms with Crippen molar-refractivity contribution in [2.24, 2.45) is 5.92 Å². The molecule has 2 atom stereocenters. The molecule has 1 aromatic rings. The van der Waals surface area contributed by atoms with Gasteiger partial charge in [-0.25, -0.2) is 0 Å². The lowest BCUT2D eigenvalue weighted by Crippen LogP contribution is -2.34. The zero-order chi connectivity index (χ0) is 13.7. The second-order valence-corrected chi connectivity index (χ2v) is 6.18. The maximum atomic E-state index is 11.9. The molecule has 0 heterocycles. The van der Waals surface area contributed by atoms with Crippen LogP contribution in [0.3, 0.4) is 0 Å². The van der Waals surface area contributed by atoms with Gasteiger partial charge < -0.3 is 5.32 Å². The molecule has 1 amide bonds. The Bertz CT molecular complexity index is 452. The van der Waals surface area contributed by atoms with E-state index in [1.165, 1.54) is 5.56 Å². The monoisotopic (exact) mass is 321 g/mol. The van der Waals surface area contributed by atoms with Gasteiger partial charge in [0.2, 0.25) is 5.91 Å². The molecule has 0 spiro atoms. The van der Waals surface area contributed by atoms with E-state index in [2.05, 4.69) is 52.5 Å². The second-order valence-electron chi connectivity index (χ2n) is 5.27. The first-order chi connectivity index (χ1) is 9.13. The standard InChI is InChI=1S/C16H20BrNO/c1-12(10-14-6-8-15(17)9-7-14)18-16(19)11-13-4-2-3-5-13/h2,4,6-9,12-13H,3,5,10-11H2,1H3,(H,18,19). The molecule has 0 bridgehead atoms. The number of hydrogen-bond acceptors (Lipinski definition) is 1. The van der Waals surface area contributed by atoms with Gasteiger partial charge in [0.15, 0.2) is 0 Å². The summed E-state index contributed by atoms with van der Waals surface area (Å²) in [6.45, 7) is 2.06. The molecule has 0 fully saturated rings. The van der Waals surface area contributed by atoms with Crippen LogP contribution in [-0.4, -0.2) is 11.9 Å². The van der Waals surface area contributed by atoms with Crippen molar-refractivity contribution in [2.45, 2.75) is 38.6 Å². The van der Waals surface area contributed by atoms with Gasteiger partial charge in [-0.15, -0.1) is 0 Å². The highest BCUT2D eigenvalue weighted by Gasteiger charge is 2.15. The summed E-state index contributed by atoms with van der Waals surface area (Å²) in [4.78, 5) is 11.9. The van der Waals surface area contributed by atoms with Crippen LogP contribution in [0.15, 0.2) is 40.9 Å². The fourth-order valence-corrected chi connectivity index (χ4v) is 2.73. The van der Waals surface area contributed by atoms with Crippen LogP contribution in [-0.2, 0) is 11.2 Å². The summed E-state index contributed by atoms with van der Waals surface area (Å²) in [5.74, 6) is 0.612. The van der Waals surface area contributed by atoms with Crippen molar-refractivity contribution in [1.29, 1.82) is 0 Å². The zero-order valence-corrected chi connectivity index (χ0v) is 12.8. The van der Waals surface area contributed by atoms with Gasteiger partial charge in [-0.1, -0.05) is 40.2 Å². The Morgan fingerprint density at radius 2 is 2.16 bits per heavy atom. The Balaban J connectivity index is 1.76. The van der Waals surface area contributed by atoms with E-state index in [-0.39, 0.29) is 11.9 Å². The normalized spacial score (nSPS) is 19.4. The molecule has 0 saturated heterocycles. The summed E-state index contributed by atoms with van der Waals surface area (Å²) < 4.78 is 1.08. The van der Waals surface area contributed by atoms with Gasteiger partial charge in [-0.2, -0.15) is 0 Å². The van der Waals surface area contributed by atoms with Crippen molar-refractivity contribution in [3.63, 3.8) is 0 Å². The lowest BCUT2D eigenvalue weighted by Gasteiger charge is -2.15. The first-order valence-corrected chi connectivity index (χ1v) is 7.63. The molecule has 2 rings (SSSR count). The molecule has 102 valence electrons. The number of halogens is 1. The first-order valence-electron chi connectivity index (χ1n) is 6.84. The highest BCUT2D eigenvalue weighted by molar-refractivity contribution is 9.10. The van der Waals surface area contributed by atoms with Crippen LogP contribution in [0.25, 0.3) is 0 Å². The van der Waals surface area contributed by atoms with Gasteiger partial charge in [0.1, 0.15) is 0 Å². The van der Waals surface area contributed by atoms with Crippen LogP contribution in [0.1, 0.15) is 31.7 Å². The van der Waals surface area contributed by atoms with E-state index in [0.29, 0.717) is 12.3 Å². The highest BCUT2D eigenvalue weighted by atomic mass is 79.9. The fraction of sp³-hybridized carbons (Fsp3) is 0.438. The summed E-state index contributed by atoms with van der Waals surface area (Å²) in [5, 5.41) is 3.09. The molecule has 2 nitrogen and oxygen atoms in total. The van der Waals surface area contributed by atoms with E-state index in [4.69, 9.17) is 0 Å². The Labute approximate surface area is 123 Å². The highest BCUT2D eigenvalue weighted by Crippen LogP contribution is 2.20. The second kappa shape index (κ2) is 6.90. The molecule has 1 N–H and O–H groups in total. The summed E-state index contributed by atoms with van der Waals surface area (Å²) >= 11 is 3.42. The topological polar surface area (TPSA) is 29.1 Å². The van der Waals surface area contributed by atoms with Gasteiger partial charge in [0.05, 0.1) is 0 Å². The largest absolute Gasteiger partial charge is 0.353 e. The Morgan fingerprint density at radius 3 is 2.79 bits per heavy atom. The lowest BCUT2D eigenvalue weighted by atomic mass is 10.0. The van der Waals surface area contributed by atoms with Crippen LogP contribution in [0.2, 0.25) is 0 Å². The van der Waals surface area contributed by atoms with E-state index in [1.54, 1.807) is 0 Å². The molecular weight excluding hydrogens is 302 g/mol. The van der Waals surface area contributed by atoms with E-state index >= 15 is 0 Å². The fourth-order valence-electron chi connectivity index (χ4n) is 2.46. The van der Waals surface area contributed by atoms with Crippen LogP contribution >= 0.6 is 15.9 Å². The van der Waals surface area contributed by atoms with Crippen molar-refractivity contribution in [3.8, 4) is 0 Å². The molecule has 1 aliphatic rings. The van der Waals surface area contributed by atoms with Gasteiger partial charge in [0.25, 0.3) is 0 Å². The number of benzene rings is 1. The van der Waals surface area contributed by atoms with Crippen molar-refractivity contribution in [2.75, 3.05) is 0 Å². The first kappa shape index (κ1) is 14.3. The van der Waals surface area contributed by atoms with Crippen molar-refractivity contribution < 1.29 is 4.79 Å². The van der Waals surface area contributed by atoms with Crippen LogP contribution < -0.4 is 5.32 Å². The maximum Gasteiger partial charge on any atom is 0.220 e. The van der Waals surface area contributed by atoms with E-state index < -0.39 is 0 Å². The van der Waals surface area contributed by atoms with Crippen molar-refractivity contribution >= 4 is 21.8 Å². The number of amides is 1. The molecule has 0 aromatic heterocycles. The number of carbonyl (C=O) groups excluding carboxylic acids is 1. The molecular formula is C16H20BrNO. The number of nitrogens with one attached hydrogen (secondary N) is 1. The third kappa shape index (κ3) is 4.83. The van der Waals surface area contributed by atoms with Crippen LogP contribution in [0.5, 0.6) is 0 Å². The molecule has 19 heavy (non-hydrogen) atoms. The predicted octanol–water partition coefficient (Wildman–Crippen LogP) is 3.85. The number of rotatable bonds is 5. The molecule has 0 aliphatic heterocycles. The zero-order valence-electron chi connectivity index (χ0n) is 11.2. The van der Waals surface area contributed by atoms with Gasteiger partial charge in [0, 0.05) is 16.9 Å². The number of allylic oxidation sites excluding steroid dienone is 2. The third-order valence-corrected chi connectivity index (χ3v) is 3.95. The van der Waals surface area contributed by atoms with Gasteiger partial charge in [-0.3, -0.25) is 4.79 Å². The van der Waals surface area contributed by atoms with E-state index in [0.717, 1.165) is 23.7 Å². The molecule has 0 radical (unpaired) electrons. The minimum atomic E-state index is 0.168. The Morgan fingerprint density at radius 1 is 1.42 bits per heavy atom. The summed E-state index contributed by atoms with van der Waals surface area (Å²) in [6, 6.07) is 8.43. The van der Waals surface area contributed by atoms with E-state index in [1.807, 2.05) is 12.1 Å². The number of carbonyl (C=O) groups is 1. The average molecular weight is 322 g/mol.